The number of pyridine rings is 2. The van der Waals surface area contributed by atoms with Crippen LogP contribution in [-0.4, -0.2) is 34.9 Å². The Morgan fingerprint density at radius 2 is 2.00 bits per heavy atom. The summed E-state index contributed by atoms with van der Waals surface area (Å²) in [6, 6.07) is 7.68. The molecule has 0 spiro atoms. The molecule has 2 aromatic rings. The highest BCUT2D eigenvalue weighted by Gasteiger charge is 2.13. The first-order valence-corrected chi connectivity index (χ1v) is 7.31. The summed E-state index contributed by atoms with van der Waals surface area (Å²) in [5, 5.41) is 3.16. The lowest BCUT2D eigenvalue weighted by Crippen LogP contribution is -2.41. The molecule has 0 atom stereocenters. The number of nitrogens with one attached hydrogen (secondary N) is 1. The molecule has 2 rings (SSSR count). The fraction of sp³-hybridized carbons (Fsp3) is 0.353. The van der Waals surface area contributed by atoms with Crippen molar-refractivity contribution in [3.63, 3.8) is 0 Å². The topological polar surface area (TPSA) is 64.1 Å². The maximum Gasteiger partial charge on any atom is 0.139 e. The van der Waals surface area contributed by atoms with Crippen LogP contribution in [0.4, 0.5) is 0 Å². The molecule has 0 saturated carbocycles. The Morgan fingerprint density at radius 1 is 1.23 bits per heavy atom. The number of aromatic nitrogens is 2. The summed E-state index contributed by atoms with van der Waals surface area (Å²) in [5.74, 6) is 0.743. The van der Waals surface area contributed by atoms with Crippen molar-refractivity contribution < 1.29 is 9.53 Å². The average molecular weight is 299 g/mol. The molecule has 0 unspecified atom stereocenters. The summed E-state index contributed by atoms with van der Waals surface area (Å²) in [4.78, 5) is 19.1. The van der Waals surface area contributed by atoms with Crippen molar-refractivity contribution in [1.82, 2.24) is 15.3 Å². The van der Waals surface area contributed by atoms with Gasteiger partial charge < -0.3 is 14.8 Å². The van der Waals surface area contributed by atoms with Gasteiger partial charge in [-0.1, -0.05) is 0 Å². The van der Waals surface area contributed by atoms with Gasteiger partial charge in [0.15, 0.2) is 0 Å². The Hall–Kier alpha value is -2.27. The number of nitrogens with zero attached hydrogens (tertiary/aromatic N) is 2. The molecule has 0 amide bonds. The highest BCUT2D eigenvalue weighted by Crippen LogP contribution is 2.18. The van der Waals surface area contributed by atoms with Crippen LogP contribution in [0, 0.1) is 0 Å². The maximum atomic E-state index is 10.8. The van der Waals surface area contributed by atoms with Gasteiger partial charge in [-0.2, -0.15) is 0 Å². The minimum atomic E-state index is -0.478. The van der Waals surface area contributed by atoms with Gasteiger partial charge in [-0.15, -0.1) is 0 Å². The molecule has 116 valence electrons. The van der Waals surface area contributed by atoms with Gasteiger partial charge in [0.1, 0.15) is 12.0 Å². The van der Waals surface area contributed by atoms with Crippen LogP contribution < -0.4 is 10.1 Å². The zero-order chi connectivity index (χ0) is 15.8. The van der Waals surface area contributed by atoms with Gasteiger partial charge in [0.25, 0.3) is 0 Å². The number of carbonyl (C=O) groups excluding carboxylic acids is 1. The molecule has 5 nitrogen and oxygen atoms in total. The van der Waals surface area contributed by atoms with E-state index in [0.29, 0.717) is 6.61 Å². The van der Waals surface area contributed by atoms with Gasteiger partial charge in [0.2, 0.25) is 0 Å². The molecule has 1 N–H and O–H groups in total. The fourth-order valence-corrected chi connectivity index (χ4v) is 1.87. The van der Waals surface area contributed by atoms with E-state index in [-0.39, 0.29) is 0 Å². The second-order valence-corrected chi connectivity index (χ2v) is 5.58. The van der Waals surface area contributed by atoms with Gasteiger partial charge >= 0.3 is 0 Å². The molecular formula is C17H21N3O2. The summed E-state index contributed by atoms with van der Waals surface area (Å²) in [5.41, 5.74) is 1.44. The van der Waals surface area contributed by atoms with Crippen LogP contribution in [0.25, 0.3) is 11.3 Å². The lowest BCUT2D eigenvalue weighted by atomic mass is 10.1. The van der Waals surface area contributed by atoms with E-state index in [1.165, 1.54) is 0 Å². The largest absolute Gasteiger partial charge is 0.492 e. The Bertz CT molecular complexity index is 583. The van der Waals surface area contributed by atoms with Crippen LogP contribution in [0.15, 0.2) is 42.9 Å². The fourth-order valence-electron chi connectivity index (χ4n) is 1.87. The minimum Gasteiger partial charge on any atom is -0.492 e. The van der Waals surface area contributed by atoms with E-state index in [1.54, 1.807) is 18.6 Å². The molecule has 0 aliphatic heterocycles. The number of aldehydes is 1. The van der Waals surface area contributed by atoms with Crippen molar-refractivity contribution in [1.29, 1.82) is 0 Å². The Kier molecular flexibility index (Phi) is 5.61. The van der Waals surface area contributed by atoms with Crippen LogP contribution in [0.2, 0.25) is 0 Å². The number of ether oxygens (including phenoxy) is 1. The van der Waals surface area contributed by atoms with Crippen molar-refractivity contribution in [2.75, 3.05) is 13.2 Å². The van der Waals surface area contributed by atoms with Gasteiger partial charge in [-0.05, 0) is 51.1 Å². The first-order chi connectivity index (χ1) is 10.6. The molecule has 0 fully saturated rings. The summed E-state index contributed by atoms with van der Waals surface area (Å²) >= 11 is 0. The predicted octanol–water partition coefficient (Wildman–Crippen LogP) is 2.48. The molecule has 0 aliphatic rings. The van der Waals surface area contributed by atoms with E-state index in [9.17, 15) is 4.79 Å². The van der Waals surface area contributed by atoms with Gasteiger partial charge in [0.05, 0.1) is 24.0 Å². The summed E-state index contributed by atoms with van der Waals surface area (Å²) in [7, 11) is 0. The molecule has 0 bridgehead atoms. The number of rotatable bonds is 8. The molecule has 0 aromatic carbocycles. The zero-order valence-electron chi connectivity index (χ0n) is 13.0. The highest BCUT2D eigenvalue weighted by molar-refractivity contribution is 5.62. The highest BCUT2D eigenvalue weighted by atomic mass is 16.5. The SMILES string of the molecule is CC(C)(C=O)NCCCOc1ccc(-c2ccncc2)nc1. The molecule has 2 heterocycles. The second kappa shape index (κ2) is 7.66. The van der Waals surface area contributed by atoms with E-state index in [0.717, 1.165) is 36.3 Å². The quantitative estimate of drug-likeness (QED) is 0.599. The normalized spacial score (nSPS) is 11.2. The molecule has 0 saturated heterocycles. The molecule has 2 aromatic heterocycles. The van der Waals surface area contributed by atoms with Crippen LogP contribution in [0.5, 0.6) is 5.75 Å². The lowest BCUT2D eigenvalue weighted by molar-refractivity contribution is -0.112. The first kappa shape index (κ1) is 16.1. The van der Waals surface area contributed by atoms with Crippen molar-refractivity contribution in [2.45, 2.75) is 25.8 Å². The molecule has 5 heteroatoms. The molecule has 0 radical (unpaired) electrons. The van der Waals surface area contributed by atoms with E-state index >= 15 is 0 Å². The van der Waals surface area contributed by atoms with Crippen LogP contribution in [0.3, 0.4) is 0 Å². The van der Waals surface area contributed by atoms with Gasteiger partial charge in [-0.25, -0.2) is 0 Å². The monoisotopic (exact) mass is 299 g/mol. The minimum absolute atomic E-state index is 0.478. The van der Waals surface area contributed by atoms with Gasteiger partial charge in [-0.3, -0.25) is 9.97 Å². The smallest absolute Gasteiger partial charge is 0.139 e. The van der Waals surface area contributed by atoms with Crippen molar-refractivity contribution in [3.05, 3.63) is 42.9 Å². The van der Waals surface area contributed by atoms with Crippen LogP contribution in [-0.2, 0) is 4.79 Å². The molecule has 22 heavy (non-hydrogen) atoms. The summed E-state index contributed by atoms with van der Waals surface area (Å²) < 4.78 is 5.64. The van der Waals surface area contributed by atoms with Gasteiger partial charge in [0, 0.05) is 18.0 Å². The van der Waals surface area contributed by atoms with Crippen LogP contribution >= 0.6 is 0 Å². The first-order valence-electron chi connectivity index (χ1n) is 7.31. The Morgan fingerprint density at radius 3 is 2.64 bits per heavy atom. The molecule has 0 aliphatic carbocycles. The number of carbonyl (C=O) groups is 1. The maximum absolute atomic E-state index is 10.8. The Labute approximate surface area is 130 Å². The van der Waals surface area contributed by atoms with E-state index in [4.69, 9.17) is 4.74 Å². The van der Waals surface area contributed by atoms with Crippen molar-refractivity contribution in [3.8, 4) is 17.0 Å². The zero-order valence-corrected chi connectivity index (χ0v) is 13.0. The lowest BCUT2D eigenvalue weighted by Gasteiger charge is -2.18. The van der Waals surface area contributed by atoms with E-state index in [2.05, 4.69) is 15.3 Å². The number of hydrogen-bond donors (Lipinski definition) is 1. The second-order valence-electron chi connectivity index (χ2n) is 5.58. The van der Waals surface area contributed by atoms with Crippen molar-refractivity contribution in [2.24, 2.45) is 0 Å². The standard InChI is InChI=1S/C17H21N3O2/c1-17(2,13-21)20-8-3-11-22-15-4-5-16(19-12-15)14-6-9-18-10-7-14/h4-7,9-10,12-13,20H,3,8,11H2,1-2H3. The summed E-state index contributed by atoms with van der Waals surface area (Å²) in [6.45, 7) is 5.01. The summed E-state index contributed by atoms with van der Waals surface area (Å²) in [6.07, 6.45) is 6.95. The third-order valence-corrected chi connectivity index (χ3v) is 3.18. The Balaban J connectivity index is 1.77. The number of hydrogen-bond acceptors (Lipinski definition) is 5. The predicted molar refractivity (Wildman–Crippen MR) is 85.7 cm³/mol. The van der Waals surface area contributed by atoms with Crippen LogP contribution in [0.1, 0.15) is 20.3 Å². The third-order valence-electron chi connectivity index (χ3n) is 3.18. The molecular weight excluding hydrogens is 278 g/mol. The van der Waals surface area contributed by atoms with E-state index in [1.807, 2.05) is 38.1 Å². The average Bonchev–Trinajstić information content (AvgIpc) is 2.56. The third kappa shape index (κ3) is 4.93. The van der Waals surface area contributed by atoms with Crippen molar-refractivity contribution >= 4 is 6.29 Å². The van der Waals surface area contributed by atoms with E-state index < -0.39 is 5.54 Å².